The monoisotopic (exact) mass is 375 g/mol. The van der Waals surface area contributed by atoms with E-state index in [9.17, 15) is 9.59 Å². The first-order valence-corrected chi connectivity index (χ1v) is 8.86. The van der Waals surface area contributed by atoms with Crippen molar-refractivity contribution in [3.63, 3.8) is 0 Å². The first-order valence-electron chi connectivity index (χ1n) is 8.48. The van der Waals surface area contributed by atoms with Crippen molar-refractivity contribution >= 4 is 23.4 Å². The fourth-order valence-corrected chi connectivity index (χ4v) is 2.93. The van der Waals surface area contributed by atoms with Gasteiger partial charge in [0.15, 0.2) is 0 Å². The fraction of sp³-hybridized carbons (Fsp3) is 0.389. The summed E-state index contributed by atoms with van der Waals surface area (Å²) in [6, 6.07) is 9.10. The van der Waals surface area contributed by atoms with E-state index in [-0.39, 0.29) is 18.4 Å². The van der Waals surface area contributed by atoms with Crippen LogP contribution in [0.2, 0.25) is 5.02 Å². The van der Waals surface area contributed by atoms with Gasteiger partial charge in [-0.1, -0.05) is 23.7 Å². The molecule has 1 aromatic carbocycles. The number of carbonyl (C=O) groups is 2. The molecule has 1 aliphatic rings. The van der Waals surface area contributed by atoms with Crippen molar-refractivity contribution in [2.24, 2.45) is 0 Å². The van der Waals surface area contributed by atoms with Crippen LogP contribution in [0.4, 0.5) is 0 Å². The second kappa shape index (κ2) is 7.88. The summed E-state index contributed by atoms with van der Waals surface area (Å²) >= 11 is 5.92. The number of nitrogens with one attached hydrogen (secondary N) is 1. The smallest absolute Gasteiger partial charge is 0.272 e. The Balaban J connectivity index is 1.66. The van der Waals surface area contributed by atoms with Gasteiger partial charge in [0, 0.05) is 30.2 Å². The van der Waals surface area contributed by atoms with Crippen LogP contribution in [-0.2, 0) is 11.3 Å². The van der Waals surface area contributed by atoms with Gasteiger partial charge in [-0.2, -0.15) is 5.10 Å². The zero-order chi connectivity index (χ0) is 18.7. The van der Waals surface area contributed by atoms with E-state index >= 15 is 0 Å². The van der Waals surface area contributed by atoms with Crippen molar-refractivity contribution < 1.29 is 9.59 Å². The lowest BCUT2D eigenvalue weighted by Gasteiger charge is -2.26. The van der Waals surface area contributed by atoms with E-state index < -0.39 is 0 Å². The van der Waals surface area contributed by atoms with Crippen LogP contribution < -0.4 is 5.32 Å². The van der Waals surface area contributed by atoms with Crippen LogP contribution in [0, 0.1) is 0 Å². The van der Waals surface area contributed by atoms with Crippen molar-refractivity contribution in [2.45, 2.75) is 6.54 Å². The van der Waals surface area contributed by atoms with Gasteiger partial charge in [-0.25, -0.2) is 0 Å². The lowest BCUT2D eigenvalue weighted by atomic mass is 10.1. The summed E-state index contributed by atoms with van der Waals surface area (Å²) in [5, 5.41) is 7.99. The van der Waals surface area contributed by atoms with Crippen LogP contribution in [0.15, 0.2) is 30.3 Å². The topological polar surface area (TPSA) is 70.5 Å². The summed E-state index contributed by atoms with van der Waals surface area (Å²) in [4.78, 5) is 28.3. The van der Waals surface area contributed by atoms with Crippen molar-refractivity contribution in [1.82, 2.24) is 24.9 Å². The number of hydrogen-bond acceptors (Lipinski definition) is 4. The molecule has 1 aromatic heterocycles. The van der Waals surface area contributed by atoms with Crippen LogP contribution >= 0.6 is 11.6 Å². The molecule has 0 bridgehead atoms. The molecular formula is C18H22ClN5O2. The molecule has 0 aliphatic carbocycles. The largest absolute Gasteiger partial charge is 0.353 e. The Hall–Kier alpha value is -2.38. The van der Waals surface area contributed by atoms with E-state index in [0.29, 0.717) is 30.4 Å². The number of likely N-dealkylation sites (N-methyl/N-ethyl adjacent to an activating group) is 1. The maximum absolute atomic E-state index is 12.7. The highest BCUT2D eigenvalue weighted by atomic mass is 35.5. The van der Waals surface area contributed by atoms with Crippen LogP contribution in [-0.4, -0.2) is 71.7 Å². The molecule has 0 radical (unpaired) electrons. The molecule has 2 heterocycles. The van der Waals surface area contributed by atoms with Gasteiger partial charge in [0.1, 0.15) is 5.69 Å². The van der Waals surface area contributed by atoms with Crippen molar-refractivity contribution in [1.29, 1.82) is 0 Å². The fourth-order valence-electron chi connectivity index (χ4n) is 2.80. The van der Waals surface area contributed by atoms with Gasteiger partial charge in [-0.05, 0) is 32.3 Å². The van der Waals surface area contributed by atoms with Crippen LogP contribution in [0.5, 0.6) is 0 Å². The zero-order valence-corrected chi connectivity index (χ0v) is 15.7. The minimum absolute atomic E-state index is 0.0632. The number of fused-ring (bicyclic) bond motifs is 1. The Labute approximate surface area is 157 Å². The Morgan fingerprint density at radius 2 is 2.00 bits per heavy atom. The molecule has 0 unspecified atom stereocenters. The summed E-state index contributed by atoms with van der Waals surface area (Å²) in [5.41, 5.74) is 2.13. The lowest BCUT2D eigenvalue weighted by molar-refractivity contribution is -0.121. The molecule has 1 N–H and O–H groups in total. The quantitative estimate of drug-likeness (QED) is 0.827. The highest BCUT2D eigenvalue weighted by Crippen LogP contribution is 2.23. The zero-order valence-electron chi connectivity index (χ0n) is 14.9. The molecule has 0 fully saturated rings. The number of amides is 2. The number of rotatable bonds is 6. The molecule has 2 amide bonds. The number of carbonyl (C=O) groups excluding carboxylic acids is 2. The molecular weight excluding hydrogens is 354 g/mol. The number of aromatic nitrogens is 2. The van der Waals surface area contributed by atoms with Gasteiger partial charge in [0.25, 0.3) is 5.91 Å². The molecule has 0 atom stereocenters. The summed E-state index contributed by atoms with van der Waals surface area (Å²) in [5.74, 6) is -0.321. The third kappa shape index (κ3) is 4.23. The molecule has 26 heavy (non-hydrogen) atoms. The molecule has 0 saturated heterocycles. The summed E-state index contributed by atoms with van der Waals surface area (Å²) < 4.78 is 1.70. The average Bonchev–Trinajstić information content (AvgIpc) is 3.03. The average molecular weight is 376 g/mol. The van der Waals surface area contributed by atoms with Crippen LogP contribution in [0.1, 0.15) is 10.5 Å². The summed E-state index contributed by atoms with van der Waals surface area (Å²) in [7, 11) is 3.89. The molecule has 0 spiro atoms. The number of hydrogen-bond donors (Lipinski definition) is 1. The minimum Gasteiger partial charge on any atom is -0.353 e. The minimum atomic E-state index is -0.174. The first kappa shape index (κ1) is 18.4. The van der Waals surface area contributed by atoms with Crippen LogP contribution in [0.3, 0.4) is 0 Å². The van der Waals surface area contributed by atoms with Crippen molar-refractivity contribution in [2.75, 3.05) is 40.3 Å². The van der Waals surface area contributed by atoms with E-state index in [2.05, 4.69) is 10.4 Å². The predicted octanol–water partition coefficient (Wildman–Crippen LogP) is 1.34. The molecule has 8 heteroatoms. The molecule has 138 valence electrons. The van der Waals surface area contributed by atoms with E-state index in [0.717, 1.165) is 17.8 Å². The van der Waals surface area contributed by atoms with Crippen molar-refractivity contribution in [3.05, 3.63) is 41.0 Å². The van der Waals surface area contributed by atoms with E-state index in [4.69, 9.17) is 11.6 Å². The molecule has 0 saturated carbocycles. The SMILES string of the molecule is CN(C)CCNC(=O)CN1CCn2nc(-c3ccc(Cl)cc3)cc2C1=O. The Morgan fingerprint density at radius 3 is 2.69 bits per heavy atom. The highest BCUT2D eigenvalue weighted by molar-refractivity contribution is 6.30. The Kier molecular flexibility index (Phi) is 5.58. The van der Waals surface area contributed by atoms with E-state index in [1.807, 2.05) is 31.1 Å². The van der Waals surface area contributed by atoms with Crippen molar-refractivity contribution in [3.8, 4) is 11.3 Å². The highest BCUT2D eigenvalue weighted by Gasteiger charge is 2.28. The molecule has 3 rings (SSSR count). The first-order chi connectivity index (χ1) is 12.4. The van der Waals surface area contributed by atoms with Gasteiger partial charge in [0.2, 0.25) is 5.91 Å². The van der Waals surface area contributed by atoms with E-state index in [1.54, 1.807) is 27.8 Å². The Morgan fingerprint density at radius 1 is 1.27 bits per heavy atom. The predicted molar refractivity (Wildman–Crippen MR) is 100 cm³/mol. The normalized spacial score (nSPS) is 13.8. The van der Waals surface area contributed by atoms with Gasteiger partial charge >= 0.3 is 0 Å². The number of benzene rings is 1. The van der Waals surface area contributed by atoms with Gasteiger partial charge < -0.3 is 15.1 Å². The third-order valence-corrected chi connectivity index (χ3v) is 4.48. The molecule has 2 aromatic rings. The maximum Gasteiger partial charge on any atom is 0.272 e. The van der Waals surface area contributed by atoms with E-state index in [1.165, 1.54) is 0 Å². The third-order valence-electron chi connectivity index (χ3n) is 4.22. The maximum atomic E-state index is 12.7. The summed E-state index contributed by atoms with van der Waals surface area (Å²) in [6.45, 7) is 2.42. The number of nitrogens with zero attached hydrogens (tertiary/aromatic N) is 4. The Bertz CT molecular complexity index is 800. The van der Waals surface area contributed by atoms with Gasteiger partial charge in [-0.3, -0.25) is 14.3 Å². The second-order valence-corrected chi connectivity index (χ2v) is 6.96. The lowest BCUT2D eigenvalue weighted by Crippen LogP contribution is -2.46. The molecule has 1 aliphatic heterocycles. The summed E-state index contributed by atoms with van der Waals surface area (Å²) in [6.07, 6.45) is 0. The standard InChI is InChI=1S/C18H22ClN5O2/c1-22(2)8-7-20-17(25)12-23-9-10-24-16(18(23)26)11-15(21-24)13-3-5-14(19)6-4-13/h3-6,11H,7-10,12H2,1-2H3,(H,20,25). The van der Waals surface area contributed by atoms with Gasteiger partial charge in [0.05, 0.1) is 18.8 Å². The van der Waals surface area contributed by atoms with Crippen LogP contribution in [0.25, 0.3) is 11.3 Å². The van der Waals surface area contributed by atoms with Gasteiger partial charge in [-0.15, -0.1) is 0 Å². The number of halogens is 1. The molecule has 7 nitrogen and oxygen atoms in total. The second-order valence-electron chi connectivity index (χ2n) is 6.52.